The van der Waals surface area contributed by atoms with Gasteiger partial charge in [-0.15, -0.1) is 5.10 Å². The van der Waals surface area contributed by atoms with Crippen LogP contribution >= 0.6 is 10.7 Å². The average Bonchev–Trinajstić information content (AvgIpc) is 2.92. The van der Waals surface area contributed by atoms with E-state index in [1.807, 2.05) is 11.6 Å². The molecule has 0 aromatic carbocycles. The summed E-state index contributed by atoms with van der Waals surface area (Å²) in [5.41, 5.74) is 1.43. The Labute approximate surface area is 99.2 Å². The summed E-state index contributed by atoms with van der Waals surface area (Å²) in [5.74, 6) is -0.226. The molecule has 0 unspecified atom stereocenters. The summed E-state index contributed by atoms with van der Waals surface area (Å²) in [4.78, 5) is 0. The molecule has 0 radical (unpaired) electrons. The van der Waals surface area contributed by atoms with Gasteiger partial charge in [-0.25, -0.2) is 13.1 Å². The van der Waals surface area contributed by atoms with Gasteiger partial charge in [0, 0.05) is 10.7 Å². The Kier molecular flexibility index (Phi) is 3.21. The van der Waals surface area contributed by atoms with Crippen molar-refractivity contribution in [3.63, 3.8) is 0 Å². The average molecular weight is 264 g/mol. The third kappa shape index (κ3) is 2.74. The second-order valence-electron chi connectivity index (χ2n) is 4.09. The molecule has 1 aromatic heterocycles. The zero-order chi connectivity index (χ0) is 11.8. The van der Waals surface area contributed by atoms with E-state index in [4.69, 9.17) is 10.7 Å². The third-order valence-corrected chi connectivity index (χ3v) is 3.51. The number of nitrogens with zero attached hydrogens (tertiary/aromatic N) is 3. The van der Waals surface area contributed by atoms with E-state index in [0.717, 1.165) is 31.4 Å². The predicted molar refractivity (Wildman–Crippen MR) is 60.8 cm³/mol. The first-order valence-corrected chi connectivity index (χ1v) is 7.84. The molecule has 0 saturated heterocycles. The molecular weight excluding hydrogens is 250 g/mol. The molecule has 0 bridgehead atoms. The van der Waals surface area contributed by atoms with E-state index >= 15 is 0 Å². The summed E-state index contributed by atoms with van der Waals surface area (Å²) >= 11 is 0. The van der Waals surface area contributed by atoms with Crippen molar-refractivity contribution >= 4 is 19.7 Å². The zero-order valence-corrected chi connectivity index (χ0v) is 10.6. The molecule has 2 rings (SSSR count). The lowest BCUT2D eigenvalue weighted by molar-refractivity contribution is 0.578. The summed E-state index contributed by atoms with van der Waals surface area (Å²) in [6.45, 7) is 2.04. The predicted octanol–water partition coefficient (Wildman–Crippen LogP) is 1.63. The van der Waals surface area contributed by atoms with Crippen LogP contribution in [0.2, 0.25) is 0 Å². The van der Waals surface area contributed by atoms with Gasteiger partial charge < -0.3 is 0 Å². The highest BCUT2D eigenvalue weighted by atomic mass is 35.7. The molecule has 7 heteroatoms. The standard InChI is InChI=1S/C9H14ClN3O2S/c1-2-3-9-8(6-16(10,14)15)11-12-13(9)7-4-5-7/h7H,2-6H2,1H3. The molecule has 16 heavy (non-hydrogen) atoms. The summed E-state index contributed by atoms with van der Waals surface area (Å²) < 4.78 is 23.9. The Morgan fingerprint density at radius 1 is 1.50 bits per heavy atom. The second-order valence-corrected chi connectivity index (χ2v) is 6.87. The molecule has 0 aliphatic heterocycles. The maximum absolute atomic E-state index is 11.0. The lowest BCUT2D eigenvalue weighted by atomic mass is 10.2. The van der Waals surface area contributed by atoms with Crippen LogP contribution in [0.25, 0.3) is 0 Å². The SMILES string of the molecule is CCCc1c(CS(=O)(=O)Cl)nnn1C1CC1. The number of aromatic nitrogens is 3. The van der Waals surface area contributed by atoms with Gasteiger partial charge in [-0.2, -0.15) is 0 Å². The first kappa shape index (κ1) is 11.9. The Balaban J connectivity index is 2.29. The molecule has 1 aliphatic rings. The van der Waals surface area contributed by atoms with E-state index in [0.29, 0.717) is 11.7 Å². The van der Waals surface area contributed by atoms with Gasteiger partial charge in [0.2, 0.25) is 9.05 Å². The number of rotatable bonds is 5. The van der Waals surface area contributed by atoms with Crippen molar-refractivity contribution in [2.24, 2.45) is 0 Å². The number of hydrogen-bond donors (Lipinski definition) is 0. The number of halogens is 1. The molecule has 1 heterocycles. The first-order valence-electron chi connectivity index (χ1n) is 5.36. The van der Waals surface area contributed by atoms with Crippen LogP contribution in [-0.4, -0.2) is 23.4 Å². The summed E-state index contributed by atoms with van der Waals surface area (Å²) in [6.07, 6.45) is 3.95. The molecule has 1 aromatic rings. The van der Waals surface area contributed by atoms with Crippen LogP contribution in [-0.2, 0) is 21.2 Å². The van der Waals surface area contributed by atoms with Gasteiger partial charge in [0.15, 0.2) is 0 Å². The van der Waals surface area contributed by atoms with Crippen LogP contribution in [0.3, 0.4) is 0 Å². The molecule has 1 aliphatic carbocycles. The first-order chi connectivity index (χ1) is 7.51. The minimum absolute atomic E-state index is 0.226. The van der Waals surface area contributed by atoms with Gasteiger partial charge in [-0.3, -0.25) is 0 Å². The van der Waals surface area contributed by atoms with E-state index < -0.39 is 9.05 Å². The van der Waals surface area contributed by atoms with Gasteiger partial charge in [-0.1, -0.05) is 18.6 Å². The molecular formula is C9H14ClN3O2S. The topological polar surface area (TPSA) is 64.8 Å². The Bertz CT molecular complexity index is 479. The van der Waals surface area contributed by atoms with E-state index in [1.165, 1.54) is 0 Å². The highest BCUT2D eigenvalue weighted by molar-refractivity contribution is 8.13. The lowest BCUT2D eigenvalue weighted by Crippen LogP contribution is -2.05. The van der Waals surface area contributed by atoms with Crippen LogP contribution in [0.1, 0.15) is 43.6 Å². The van der Waals surface area contributed by atoms with Crippen LogP contribution in [0.4, 0.5) is 0 Å². The molecule has 90 valence electrons. The molecule has 5 nitrogen and oxygen atoms in total. The van der Waals surface area contributed by atoms with Gasteiger partial charge in [0.1, 0.15) is 11.4 Å². The van der Waals surface area contributed by atoms with Gasteiger partial charge in [-0.05, 0) is 19.3 Å². The summed E-state index contributed by atoms with van der Waals surface area (Å²) in [5, 5.41) is 7.96. The highest BCUT2D eigenvalue weighted by Crippen LogP contribution is 2.35. The fraction of sp³-hybridized carbons (Fsp3) is 0.778. The molecule has 0 atom stereocenters. The van der Waals surface area contributed by atoms with Gasteiger partial charge in [0.25, 0.3) is 0 Å². The summed E-state index contributed by atoms with van der Waals surface area (Å²) in [6, 6.07) is 0.417. The van der Waals surface area contributed by atoms with Crippen LogP contribution in [0.5, 0.6) is 0 Å². The zero-order valence-electron chi connectivity index (χ0n) is 9.06. The molecule has 0 amide bonds. The minimum Gasteiger partial charge on any atom is -0.246 e. The molecule has 0 spiro atoms. The van der Waals surface area contributed by atoms with Crippen LogP contribution in [0.15, 0.2) is 0 Å². The van der Waals surface area contributed by atoms with Crippen molar-refractivity contribution in [2.75, 3.05) is 0 Å². The van der Waals surface area contributed by atoms with Crippen LogP contribution < -0.4 is 0 Å². The largest absolute Gasteiger partial charge is 0.246 e. The van der Waals surface area contributed by atoms with Crippen molar-refractivity contribution in [1.82, 2.24) is 15.0 Å². The minimum atomic E-state index is -3.55. The van der Waals surface area contributed by atoms with Crippen LogP contribution in [0, 0.1) is 0 Å². The summed E-state index contributed by atoms with van der Waals surface area (Å²) in [7, 11) is 1.69. The highest BCUT2D eigenvalue weighted by Gasteiger charge is 2.29. The smallest absolute Gasteiger partial charge is 0.238 e. The van der Waals surface area contributed by atoms with Crippen molar-refractivity contribution in [2.45, 2.75) is 44.4 Å². The molecule has 1 saturated carbocycles. The normalized spacial score (nSPS) is 16.6. The Morgan fingerprint density at radius 2 is 2.19 bits per heavy atom. The quantitative estimate of drug-likeness (QED) is 0.758. The fourth-order valence-electron chi connectivity index (χ4n) is 1.73. The molecule has 0 N–H and O–H groups in total. The van der Waals surface area contributed by atoms with Gasteiger partial charge >= 0.3 is 0 Å². The van der Waals surface area contributed by atoms with Crippen molar-refractivity contribution < 1.29 is 8.42 Å². The van der Waals surface area contributed by atoms with E-state index in [9.17, 15) is 8.42 Å². The van der Waals surface area contributed by atoms with E-state index in [1.54, 1.807) is 0 Å². The monoisotopic (exact) mass is 263 g/mol. The second kappa shape index (κ2) is 4.33. The van der Waals surface area contributed by atoms with Crippen molar-refractivity contribution in [3.8, 4) is 0 Å². The van der Waals surface area contributed by atoms with Crippen molar-refractivity contribution in [1.29, 1.82) is 0 Å². The van der Waals surface area contributed by atoms with Crippen molar-refractivity contribution in [3.05, 3.63) is 11.4 Å². The maximum Gasteiger partial charge on any atom is 0.238 e. The Morgan fingerprint density at radius 3 is 2.69 bits per heavy atom. The van der Waals surface area contributed by atoms with Gasteiger partial charge in [0.05, 0.1) is 11.7 Å². The van der Waals surface area contributed by atoms with E-state index in [-0.39, 0.29) is 5.75 Å². The fourth-order valence-corrected chi connectivity index (χ4v) is 2.59. The Hall–Kier alpha value is -0.620. The van der Waals surface area contributed by atoms with E-state index in [2.05, 4.69) is 10.3 Å². The molecule has 1 fully saturated rings. The maximum atomic E-state index is 11.0. The lowest BCUT2D eigenvalue weighted by Gasteiger charge is -2.04. The third-order valence-electron chi connectivity index (χ3n) is 2.56. The number of hydrogen-bond acceptors (Lipinski definition) is 4.